The number of halogens is 5. The number of nitrogen functional groups attached to an aromatic ring is 2. The first-order valence-corrected chi connectivity index (χ1v) is 4.32. The Morgan fingerprint density at radius 1 is 1.25 bits per heavy atom. The van der Waals surface area contributed by atoms with Crippen LogP contribution in [0.15, 0.2) is 6.07 Å². The Hall–Kier alpha value is -1.37. The molecule has 0 aromatic heterocycles. The quantitative estimate of drug-likeness (QED) is 0.633. The van der Waals surface area contributed by atoms with Gasteiger partial charge in [-0.1, -0.05) is 11.6 Å². The average Bonchev–Trinajstić information content (AvgIpc) is 2.12. The van der Waals surface area contributed by atoms with Crippen molar-refractivity contribution in [1.29, 1.82) is 0 Å². The van der Waals surface area contributed by atoms with Gasteiger partial charge in [0.15, 0.2) is 18.2 Å². The Morgan fingerprint density at radius 2 is 1.81 bits per heavy atom. The number of ether oxygens (including phenoxy) is 1. The van der Waals surface area contributed by atoms with Gasteiger partial charge in [-0.2, -0.15) is 13.2 Å². The van der Waals surface area contributed by atoms with E-state index in [0.29, 0.717) is 0 Å². The third-order valence-electron chi connectivity index (χ3n) is 1.60. The van der Waals surface area contributed by atoms with E-state index in [1.165, 1.54) is 0 Å². The Morgan fingerprint density at radius 3 is 2.31 bits per heavy atom. The molecule has 16 heavy (non-hydrogen) atoms. The van der Waals surface area contributed by atoms with E-state index in [0.717, 1.165) is 6.07 Å². The molecule has 0 spiro atoms. The molecule has 0 amide bonds. The Kier molecular flexibility index (Phi) is 3.37. The Bertz CT molecular complexity index is 408. The minimum Gasteiger partial charge on any atom is -0.479 e. The zero-order valence-corrected chi connectivity index (χ0v) is 8.49. The van der Waals surface area contributed by atoms with Gasteiger partial charge in [-0.05, 0) is 6.07 Å². The zero-order chi connectivity index (χ0) is 12.5. The normalized spacial score (nSPS) is 11.6. The first kappa shape index (κ1) is 12.7. The predicted molar refractivity (Wildman–Crippen MR) is 51.8 cm³/mol. The van der Waals surface area contributed by atoms with E-state index in [2.05, 4.69) is 4.74 Å². The van der Waals surface area contributed by atoms with Gasteiger partial charge < -0.3 is 16.2 Å². The van der Waals surface area contributed by atoms with Gasteiger partial charge in [0.05, 0.1) is 11.4 Å². The van der Waals surface area contributed by atoms with E-state index in [9.17, 15) is 17.6 Å². The molecule has 0 bridgehead atoms. The van der Waals surface area contributed by atoms with E-state index in [1.54, 1.807) is 0 Å². The summed E-state index contributed by atoms with van der Waals surface area (Å²) in [6.45, 7) is -1.66. The van der Waals surface area contributed by atoms with Crippen molar-refractivity contribution >= 4 is 23.0 Å². The van der Waals surface area contributed by atoms with Crippen LogP contribution >= 0.6 is 11.6 Å². The molecule has 3 nitrogen and oxygen atoms in total. The molecule has 8 heteroatoms. The second-order valence-corrected chi connectivity index (χ2v) is 3.29. The van der Waals surface area contributed by atoms with Crippen LogP contribution in [0.4, 0.5) is 28.9 Å². The molecule has 0 aliphatic heterocycles. The van der Waals surface area contributed by atoms with Crippen molar-refractivity contribution in [3.05, 3.63) is 16.9 Å². The summed E-state index contributed by atoms with van der Waals surface area (Å²) in [5, 5.41) is -0.522. The molecule has 0 aliphatic rings. The van der Waals surface area contributed by atoms with Crippen LogP contribution in [-0.2, 0) is 0 Å². The maximum absolute atomic E-state index is 13.3. The number of benzene rings is 1. The molecule has 0 saturated carbocycles. The largest absolute Gasteiger partial charge is 0.479 e. The van der Waals surface area contributed by atoms with Gasteiger partial charge in [-0.3, -0.25) is 0 Å². The molecule has 0 radical (unpaired) electrons. The minimum atomic E-state index is -4.59. The van der Waals surface area contributed by atoms with Crippen LogP contribution in [0.1, 0.15) is 0 Å². The van der Waals surface area contributed by atoms with Crippen molar-refractivity contribution in [2.24, 2.45) is 0 Å². The van der Waals surface area contributed by atoms with Crippen LogP contribution < -0.4 is 16.2 Å². The van der Waals surface area contributed by atoms with E-state index < -0.39 is 29.4 Å². The third-order valence-corrected chi connectivity index (χ3v) is 1.98. The first-order valence-electron chi connectivity index (χ1n) is 3.95. The fraction of sp³-hybridized carbons (Fsp3) is 0.250. The van der Waals surface area contributed by atoms with Crippen LogP contribution in [0.5, 0.6) is 5.75 Å². The highest BCUT2D eigenvalue weighted by molar-refractivity contribution is 6.33. The van der Waals surface area contributed by atoms with Crippen LogP contribution in [0.25, 0.3) is 0 Å². The van der Waals surface area contributed by atoms with Gasteiger partial charge in [0.2, 0.25) is 0 Å². The number of nitrogens with two attached hydrogens (primary N) is 2. The van der Waals surface area contributed by atoms with Crippen LogP contribution in [0, 0.1) is 5.82 Å². The van der Waals surface area contributed by atoms with Crippen LogP contribution in [0.3, 0.4) is 0 Å². The molecule has 0 unspecified atom stereocenters. The molecular weight excluding hydrogens is 252 g/mol. The SMILES string of the molecule is Nc1cc(N)c(OCC(F)(F)F)c(F)c1Cl. The summed E-state index contributed by atoms with van der Waals surface area (Å²) in [6.07, 6.45) is -4.59. The molecule has 0 heterocycles. The van der Waals surface area contributed by atoms with Crippen molar-refractivity contribution in [3.8, 4) is 5.75 Å². The average molecular weight is 259 g/mol. The van der Waals surface area contributed by atoms with Gasteiger partial charge in [0.1, 0.15) is 5.02 Å². The van der Waals surface area contributed by atoms with Crippen molar-refractivity contribution in [2.45, 2.75) is 6.18 Å². The van der Waals surface area contributed by atoms with Crippen LogP contribution in [0.2, 0.25) is 5.02 Å². The third kappa shape index (κ3) is 2.82. The molecule has 0 fully saturated rings. The summed E-state index contributed by atoms with van der Waals surface area (Å²) >= 11 is 5.39. The van der Waals surface area contributed by atoms with Crippen LogP contribution in [-0.4, -0.2) is 12.8 Å². The molecule has 1 aromatic rings. The van der Waals surface area contributed by atoms with Gasteiger partial charge >= 0.3 is 6.18 Å². The fourth-order valence-corrected chi connectivity index (χ4v) is 1.09. The maximum atomic E-state index is 13.3. The van der Waals surface area contributed by atoms with E-state index in [4.69, 9.17) is 23.1 Å². The van der Waals surface area contributed by atoms with E-state index in [-0.39, 0.29) is 11.4 Å². The van der Waals surface area contributed by atoms with Gasteiger partial charge in [0.25, 0.3) is 0 Å². The highest BCUT2D eigenvalue weighted by Crippen LogP contribution is 2.36. The highest BCUT2D eigenvalue weighted by Gasteiger charge is 2.30. The van der Waals surface area contributed by atoms with Gasteiger partial charge in [-0.15, -0.1) is 0 Å². The summed E-state index contributed by atoms with van der Waals surface area (Å²) in [7, 11) is 0. The summed E-state index contributed by atoms with van der Waals surface area (Å²) in [6, 6.07) is 1.02. The monoisotopic (exact) mass is 258 g/mol. The molecule has 1 rings (SSSR count). The molecular formula is C8H7ClF4N2O. The summed E-state index contributed by atoms with van der Waals surface area (Å²) in [5.41, 5.74) is 9.98. The van der Waals surface area contributed by atoms with E-state index in [1.807, 2.05) is 0 Å². The molecule has 0 saturated heterocycles. The molecule has 1 aromatic carbocycles. The second-order valence-electron chi connectivity index (χ2n) is 2.92. The number of hydrogen-bond acceptors (Lipinski definition) is 3. The molecule has 90 valence electrons. The Labute approximate surface area is 92.9 Å². The highest BCUT2D eigenvalue weighted by atomic mass is 35.5. The smallest absolute Gasteiger partial charge is 0.422 e. The number of anilines is 2. The van der Waals surface area contributed by atoms with Gasteiger partial charge in [-0.25, -0.2) is 4.39 Å². The lowest BCUT2D eigenvalue weighted by molar-refractivity contribution is -0.153. The minimum absolute atomic E-state index is 0.170. The lowest BCUT2D eigenvalue weighted by Crippen LogP contribution is -2.20. The van der Waals surface area contributed by atoms with Crippen molar-refractivity contribution in [3.63, 3.8) is 0 Å². The molecule has 4 N–H and O–H groups in total. The predicted octanol–water partition coefficient (Wildman–Crippen LogP) is 2.58. The lowest BCUT2D eigenvalue weighted by atomic mass is 10.2. The second kappa shape index (κ2) is 4.25. The topological polar surface area (TPSA) is 61.3 Å². The molecule has 0 atom stereocenters. The zero-order valence-electron chi connectivity index (χ0n) is 7.74. The molecule has 0 aliphatic carbocycles. The summed E-state index contributed by atoms with van der Waals surface area (Å²) in [5.74, 6) is -1.96. The van der Waals surface area contributed by atoms with Crippen molar-refractivity contribution in [2.75, 3.05) is 18.1 Å². The number of rotatable bonds is 2. The van der Waals surface area contributed by atoms with Gasteiger partial charge in [0, 0.05) is 0 Å². The fourth-order valence-electron chi connectivity index (χ4n) is 0.950. The number of hydrogen-bond donors (Lipinski definition) is 2. The number of alkyl halides is 3. The maximum Gasteiger partial charge on any atom is 0.422 e. The van der Waals surface area contributed by atoms with Crippen molar-refractivity contribution < 1.29 is 22.3 Å². The summed E-state index contributed by atoms with van der Waals surface area (Å²) in [4.78, 5) is 0. The van der Waals surface area contributed by atoms with E-state index >= 15 is 0 Å². The standard InChI is InChI=1S/C8H7ClF4N2O/c9-5-3(14)1-4(15)7(6(5)10)16-2-8(11,12)13/h1H,2,14-15H2. The summed E-state index contributed by atoms with van der Waals surface area (Å²) < 4.78 is 53.0. The van der Waals surface area contributed by atoms with Crippen molar-refractivity contribution in [1.82, 2.24) is 0 Å². The Balaban J connectivity index is 3.01. The lowest BCUT2D eigenvalue weighted by Gasteiger charge is -2.13. The first-order chi connectivity index (χ1) is 7.22.